The standard InChI is InChI=1S/C14H9F3N4O3S3/c15-14(16,17)11-6-5-10(26-11)12(22)19-8-1-3-9(4-2-8)27(23,24)21-13-20-18-7-25-13/h1-7H,(H,19,22)(H,20,21). The molecule has 0 bridgehead atoms. The number of anilines is 2. The van der Waals surface area contributed by atoms with E-state index in [4.69, 9.17) is 0 Å². The summed E-state index contributed by atoms with van der Waals surface area (Å²) in [7, 11) is -3.87. The number of carbonyl (C=O) groups excluding carboxylic acids is 1. The Hall–Kier alpha value is -2.51. The minimum atomic E-state index is -4.51. The highest BCUT2D eigenvalue weighted by Crippen LogP contribution is 2.34. The summed E-state index contributed by atoms with van der Waals surface area (Å²) in [5.41, 5.74) is 1.60. The maximum atomic E-state index is 12.6. The van der Waals surface area contributed by atoms with Crippen molar-refractivity contribution in [3.05, 3.63) is 51.7 Å². The van der Waals surface area contributed by atoms with Crippen molar-refractivity contribution in [2.75, 3.05) is 10.0 Å². The van der Waals surface area contributed by atoms with Crippen LogP contribution in [0.2, 0.25) is 0 Å². The Kier molecular flexibility index (Phi) is 5.17. The molecule has 2 N–H and O–H groups in total. The Balaban J connectivity index is 1.70. The van der Waals surface area contributed by atoms with E-state index in [1.807, 2.05) is 0 Å². The number of thiophene rings is 1. The van der Waals surface area contributed by atoms with E-state index in [1.54, 1.807) is 0 Å². The lowest BCUT2D eigenvalue weighted by molar-refractivity contribution is -0.134. The first-order valence-electron chi connectivity index (χ1n) is 7.02. The summed E-state index contributed by atoms with van der Waals surface area (Å²) in [5, 5.41) is 9.61. The summed E-state index contributed by atoms with van der Waals surface area (Å²) < 4.78 is 64.4. The Morgan fingerprint density at radius 1 is 1.07 bits per heavy atom. The molecule has 27 heavy (non-hydrogen) atoms. The fraction of sp³-hybridized carbons (Fsp3) is 0.0714. The van der Waals surface area contributed by atoms with Crippen LogP contribution in [0.25, 0.3) is 0 Å². The molecule has 0 aliphatic rings. The second kappa shape index (κ2) is 7.25. The van der Waals surface area contributed by atoms with Gasteiger partial charge in [0.2, 0.25) is 5.13 Å². The van der Waals surface area contributed by atoms with Gasteiger partial charge in [-0.15, -0.1) is 21.5 Å². The fourth-order valence-electron chi connectivity index (χ4n) is 1.91. The molecule has 0 aliphatic heterocycles. The Morgan fingerprint density at radius 2 is 1.78 bits per heavy atom. The van der Waals surface area contributed by atoms with Crippen LogP contribution in [0.15, 0.2) is 46.8 Å². The Morgan fingerprint density at radius 3 is 2.33 bits per heavy atom. The van der Waals surface area contributed by atoms with Gasteiger partial charge in [-0.25, -0.2) is 8.42 Å². The molecule has 0 aliphatic carbocycles. The topological polar surface area (TPSA) is 101 Å². The summed E-state index contributed by atoms with van der Waals surface area (Å²) in [6.45, 7) is 0. The van der Waals surface area contributed by atoms with Crippen LogP contribution in [0.1, 0.15) is 14.5 Å². The molecule has 0 spiro atoms. The molecule has 2 aromatic heterocycles. The van der Waals surface area contributed by atoms with Gasteiger partial charge in [0.15, 0.2) is 0 Å². The van der Waals surface area contributed by atoms with E-state index >= 15 is 0 Å². The number of alkyl halides is 3. The van der Waals surface area contributed by atoms with Crippen LogP contribution in [0.5, 0.6) is 0 Å². The van der Waals surface area contributed by atoms with E-state index in [9.17, 15) is 26.4 Å². The highest BCUT2D eigenvalue weighted by Gasteiger charge is 2.33. The van der Waals surface area contributed by atoms with Crippen LogP contribution in [-0.4, -0.2) is 24.5 Å². The number of carbonyl (C=O) groups is 1. The van der Waals surface area contributed by atoms with Crippen molar-refractivity contribution in [2.45, 2.75) is 11.1 Å². The van der Waals surface area contributed by atoms with E-state index in [2.05, 4.69) is 20.2 Å². The van der Waals surface area contributed by atoms with Gasteiger partial charge < -0.3 is 5.32 Å². The molecule has 13 heteroatoms. The van der Waals surface area contributed by atoms with Gasteiger partial charge in [0.1, 0.15) is 10.4 Å². The maximum absolute atomic E-state index is 12.6. The average Bonchev–Trinajstić information content (AvgIpc) is 3.25. The molecular weight excluding hydrogens is 425 g/mol. The number of benzene rings is 1. The van der Waals surface area contributed by atoms with Gasteiger partial charge in [0.05, 0.1) is 9.77 Å². The van der Waals surface area contributed by atoms with E-state index in [1.165, 1.54) is 29.8 Å². The molecule has 1 aromatic carbocycles. The van der Waals surface area contributed by atoms with Crippen molar-refractivity contribution in [3.63, 3.8) is 0 Å². The smallest absolute Gasteiger partial charge is 0.321 e. The van der Waals surface area contributed by atoms with Gasteiger partial charge in [0, 0.05) is 5.69 Å². The summed E-state index contributed by atoms with van der Waals surface area (Å²) in [6, 6.07) is 7.04. The van der Waals surface area contributed by atoms with Crippen molar-refractivity contribution in [2.24, 2.45) is 0 Å². The van der Waals surface area contributed by atoms with Gasteiger partial charge in [-0.05, 0) is 36.4 Å². The average molecular weight is 434 g/mol. The van der Waals surface area contributed by atoms with Crippen LogP contribution in [0, 0.1) is 0 Å². The first-order valence-corrected chi connectivity index (χ1v) is 10.2. The zero-order valence-electron chi connectivity index (χ0n) is 13.0. The van der Waals surface area contributed by atoms with Crippen LogP contribution >= 0.6 is 22.7 Å². The molecule has 3 aromatic rings. The van der Waals surface area contributed by atoms with Gasteiger partial charge >= 0.3 is 6.18 Å². The molecule has 3 rings (SSSR count). The highest BCUT2D eigenvalue weighted by atomic mass is 32.2. The first kappa shape index (κ1) is 19.3. The van der Waals surface area contributed by atoms with Gasteiger partial charge in [0.25, 0.3) is 15.9 Å². The molecule has 0 saturated carbocycles. The van der Waals surface area contributed by atoms with E-state index in [-0.39, 0.29) is 20.6 Å². The molecular formula is C14H9F3N4O3S3. The van der Waals surface area contributed by atoms with Crippen molar-refractivity contribution in [3.8, 4) is 0 Å². The summed E-state index contributed by atoms with van der Waals surface area (Å²) in [4.78, 5) is 11.0. The fourth-order valence-corrected chi connectivity index (χ4v) is 4.38. The predicted octanol–water partition coefficient (Wildman–Crippen LogP) is 3.67. The molecule has 7 nitrogen and oxygen atoms in total. The van der Waals surface area contributed by atoms with Crippen molar-refractivity contribution in [1.29, 1.82) is 0 Å². The number of halogens is 3. The maximum Gasteiger partial charge on any atom is 0.425 e. The molecule has 0 fully saturated rings. The summed E-state index contributed by atoms with van der Waals surface area (Å²) in [5.74, 6) is -0.724. The zero-order valence-corrected chi connectivity index (χ0v) is 15.5. The second-order valence-electron chi connectivity index (χ2n) is 4.99. The lowest BCUT2D eigenvalue weighted by atomic mass is 10.3. The van der Waals surface area contributed by atoms with Gasteiger partial charge in [-0.2, -0.15) is 13.2 Å². The highest BCUT2D eigenvalue weighted by molar-refractivity contribution is 7.93. The molecule has 142 valence electrons. The monoisotopic (exact) mass is 434 g/mol. The largest absolute Gasteiger partial charge is 0.425 e. The quantitative estimate of drug-likeness (QED) is 0.638. The van der Waals surface area contributed by atoms with Crippen molar-refractivity contribution in [1.82, 2.24) is 10.2 Å². The first-order chi connectivity index (χ1) is 12.6. The van der Waals surface area contributed by atoms with Crippen LogP contribution in [-0.2, 0) is 16.2 Å². The van der Waals surface area contributed by atoms with E-state index in [0.29, 0.717) is 11.3 Å². The number of sulfonamides is 1. The molecule has 2 heterocycles. The number of nitrogens with one attached hydrogen (secondary N) is 2. The molecule has 0 atom stereocenters. The SMILES string of the molecule is O=C(Nc1ccc(S(=O)(=O)Nc2nncs2)cc1)c1ccc(C(F)(F)F)s1. The van der Waals surface area contributed by atoms with Crippen molar-refractivity contribution >= 4 is 49.4 Å². The van der Waals surface area contributed by atoms with Gasteiger partial charge in [-0.3, -0.25) is 9.52 Å². The third-order valence-corrected chi connectivity index (χ3v) is 6.33. The van der Waals surface area contributed by atoms with E-state index < -0.39 is 27.0 Å². The number of amides is 1. The minimum absolute atomic E-state index is 0.0776. The minimum Gasteiger partial charge on any atom is -0.321 e. The predicted molar refractivity (Wildman–Crippen MR) is 94.4 cm³/mol. The summed E-state index contributed by atoms with van der Waals surface area (Å²) in [6.07, 6.45) is -4.51. The zero-order chi connectivity index (χ0) is 19.7. The van der Waals surface area contributed by atoms with Gasteiger partial charge in [-0.1, -0.05) is 11.3 Å². The number of nitrogens with zero attached hydrogens (tertiary/aromatic N) is 2. The number of hydrogen-bond donors (Lipinski definition) is 2. The lowest BCUT2D eigenvalue weighted by Gasteiger charge is -2.07. The molecule has 0 unspecified atom stereocenters. The van der Waals surface area contributed by atoms with Crippen LogP contribution < -0.4 is 10.0 Å². The normalized spacial score (nSPS) is 12.0. The number of rotatable bonds is 5. The Bertz CT molecular complexity index is 1050. The third-order valence-electron chi connectivity index (χ3n) is 3.11. The van der Waals surface area contributed by atoms with Crippen LogP contribution in [0.3, 0.4) is 0 Å². The van der Waals surface area contributed by atoms with E-state index in [0.717, 1.165) is 23.5 Å². The lowest BCUT2D eigenvalue weighted by Crippen LogP contribution is -2.13. The Labute approximate surface area is 158 Å². The van der Waals surface area contributed by atoms with Crippen LogP contribution in [0.4, 0.5) is 24.0 Å². The molecule has 1 amide bonds. The molecule has 0 saturated heterocycles. The second-order valence-corrected chi connectivity index (χ2v) is 8.59. The third kappa shape index (κ3) is 4.61. The van der Waals surface area contributed by atoms with Crippen molar-refractivity contribution < 1.29 is 26.4 Å². The summed E-state index contributed by atoms with van der Waals surface area (Å²) >= 11 is 1.33. The molecule has 0 radical (unpaired) electrons. The number of hydrogen-bond acceptors (Lipinski definition) is 7. The number of aromatic nitrogens is 2.